The van der Waals surface area contributed by atoms with Crippen LogP contribution in [0, 0.1) is 13.8 Å². The molecule has 4 rings (SSSR count). The number of carbonyl (C=O) groups is 1. The summed E-state index contributed by atoms with van der Waals surface area (Å²) in [6, 6.07) is 15.0. The molecule has 0 spiro atoms. The van der Waals surface area contributed by atoms with Crippen molar-refractivity contribution in [1.29, 1.82) is 0 Å². The number of furan rings is 1. The monoisotopic (exact) mass is 331 g/mol. The van der Waals surface area contributed by atoms with E-state index in [9.17, 15) is 4.79 Å². The van der Waals surface area contributed by atoms with Gasteiger partial charge in [0, 0.05) is 17.1 Å². The number of aromatic nitrogens is 1. The summed E-state index contributed by atoms with van der Waals surface area (Å²) in [6.45, 7) is 4.11. The minimum Gasteiger partial charge on any atom is -0.478 e. The Morgan fingerprint density at radius 1 is 1.00 bits per heavy atom. The van der Waals surface area contributed by atoms with Crippen LogP contribution in [0.5, 0.6) is 0 Å². The third-order valence-electron chi connectivity index (χ3n) is 4.53. The Bertz CT molecular complexity index is 1050. The predicted octanol–water partition coefficient (Wildman–Crippen LogP) is 5.41. The zero-order valence-electron chi connectivity index (χ0n) is 14.0. The lowest BCUT2D eigenvalue weighted by Crippen LogP contribution is -1.95. The number of carboxylic acids is 1. The maximum Gasteiger partial charge on any atom is 0.335 e. The van der Waals surface area contributed by atoms with Gasteiger partial charge in [-0.15, -0.1) is 0 Å². The fraction of sp³-hybridized carbons (Fsp3) is 0.0952. The molecule has 2 aromatic carbocycles. The molecule has 4 heteroatoms. The van der Waals surface area contributed by atoms with E-state index in [0.29, 0.717) is 0 Å². The van der Waals surface area contributed by atoms with Crippen LogP contribution in [0.2, 0.25) is 0 Å². The van der Waals surface area contributed by atoms with Crippen LogP contribution in [0.4, 0.5) is 0 Å². The van der Waals surface area contributed by atoms with Crippen LogP contribution >= 0.6 is 0 Å². The van der Waals surface area contributed by atoms with Crippen molar-refractivity contribution in [2.75, 3.05) is 0 Å². The molecule has 2 heterocycles. The van der Waals surface area contributed by atoms with Gasteiger partial charge in [0.2, 0.25) is 0 Å². The van der Waals surface area contributed by atoms with E-state index >= 15 is 0 Å². The van der Waals surface area contributed by atoms with Crippen molar-refractivity contribution < 1.29 is 14.3 Å². The number of aryl methyl sites for hydroxylation is 2. The predicted molar refractivity (Wildman–Crippen MR) is 97.9 cm³/mol. The van der Waals surface area contributed by atoms with Gasteiger partial charge in [-0.25, -0.2) is 4.79 Å². The molecule has 0 amide bonds. The number of hydrogen-bond acceptors (Lipinski definition) is 2. The summed E-state index contributed by atoms with van der Waals surface area (Å²) < 4.78 is 6.13. The number of carboxylic acid groups (broad SMARTS) is 1. The summed E-state index contributed by atoms with van der Waals surface area (Å²) in [7, 11) is 0. The minimum absolute atomic E-state index is 0.270. The molecule has 0 aliphatic rings. The van der Waals surface area contributed by atoms with Gasteiger partial charge in [-0.1, -0.05) is 24.3 Å². The van der Waals surface area contributed by atoms with Gasteiger partial charge in [0.1, 0.15) is 11.3 Å². The van der Waals surface area contributed by atoms with E-state index in [4.69, 9.17) is 9.52 Å². The fourth-order valence-corrected chi connectivity index (χ4v) is 3.12. The molecule has 0 unspecified atom stereocenters. The highest BCUT2D eigenvalue weighted by Gasteiger charge is 2.15. The van der Waals surface area contributed by atoms with Gasteiger partial charge in [-0.05, 0) is 54.8 Å². The molecule has 0 bridgehead atoms. The second-order valence-electron chi connectivity index (χ2n) is 6.20. The molecule has 25 heavy (non-hydrogen) atoms. The Kier molecular flexibility index (Phi) is 3.46. The second kappa shape index (κ2) is 5.67. The molecule has 4 nitrogen and oxygen atoms in total. The Morgan fingerprint density at radius 2 is 1.72 bits per heavy atom. The van der Waals surface area contributed by atoms with Gasteiger partial charge in [-0.3, -0.25) is 0 Å². The number of hydrogen-bond donors (Lipinski definition) is 2. The normalized spacial score (nSPS) is 11.1. The smallest absolute Gasteiger partial charge is 0.335 e. The summed E-state index contributed by atoms with van der Waals surface area (Å²) in [4.78, 5) is 14.3. The SMILES string of the molecule is Cc1ccc(C)c2oc(-c3cc[nH]c3-c3ccc(C(=O)O)cc3)cc12. The van der Waals surface area contributed by atoms with Gasteiger partial charge in [0.05, 0.1) is 11.3 Å². The quantitative estimate of drug-likeness (QED) is 0.527. The largest absolute Gasteiger partial charge is 0.478 e. The molecule has 0 saturated heterocycles. The Balaban J connectivity index is 1.83. The van der Waals surface area contributed by atoms with Gasteiger partial charge < -0.3 is 14.5 Å². The molecular formula is C21H17NO3. The third kappa shape index (κ3) is 2.52. The number of H-pyrrole nitrogens is 1. The van der Waals surface area contributed by atoms with Crippen LogP contribution < -0.4 is 0 Å². The van der Waals surface area contributed by atoms with E-state index in [0.717, 1.165) is 39.1 Å². The third-order valence-corrected chi connectivity index (χ3v) is 4.53. The average molecular weight is 331 g/mol. The summed E-state index contributed by atoms with van der Waals surface area (Å²) in [5.41, 5.74) is 6.24. The van der Waals surface area contributed by atoms with E-state index in [-0.39, 0.29) is 5.56 Å². The van der Waals surface area contributed by atoms with Gasteiger partial charge in [0.25, 0.3) is 0 Å². The van der Waals surface area contributed by atoms with E-state index in [1.807, 2.05) is 19.2 Å². The van der Waals surface area contributed by atoms with Crippen molar-refractivity contribution >= 4 is 16.9 Å². The molecular weight excluding hydrogens is 314 g/mol. The number of aromatic amines is 1. The first-order valence-electron chi connectivity index (χ1n) is 8.06. The Hall–Kier alpha value is -3.27. The minimum atomic E-state index is -0.929. The van der Waals surface area contributed by atoms with Crippen molar-refractivity contribution in [2.24, 2.45) is 0 Å². The Morgan fingerprint density at radius 3 is 2.40 bits per heavy atom. The first-order chi connectivity index (χ1) is 12.0. The highest BCUT2D eigenvalue weighted by atomic mass is 16.4. The van der Waals surface area contributed by atoms with Gasteiger partial charge >= 0.3 is 5.97 Å². The molecule has 2 aromatic heterocycles. The van der Waals surface area contributed by atoms with Crippen molar-refractivity contribution in [1.82, 2.24) is 4.98 Å². The number of nitrogens with one attached hydrogen (secondary N) is 1. The second-order valence-corrected chi connectivity index (χ2v) is 6.20. The van der Waals surface area contributed by atoms with E-state index in [1.165, 1.54) is 5.56 Å². The van der Waals surface area contributed by atoms with Crippen LogP contribution in [-0.2, 0) is 0 Å². The zero-order chi connectivity index (χ0) is 17.6. The van der Waals surface area contributed by atoms with Crippen molar-refractivity contribution in [3.63, 3.8) is 0 Å². The highest BCUT2D eigenvalue weighted by molar-refractivity contribution is 5.91. The van der Waals surface area contributed by atoms with E-state index in [2.05, 4.69) is 30.1 Å². The van der Waals surface area contributed by atoms with Crippen LogP contribution in [0.1, 0.15) is 21.5 Å². The maximum absolute atomic E-state index is 11.0. The molecule has 0 fully saturated rings. The lowest BCUT2D eigenvalue weighted by atomic mass is 10.0. The molecule has 124 valence electrons. The molecule has 0 aliphatic carbocycles. The summed E-state index contributed by atoms with van der Waals surface area (Å²) in [5.74, 6) is -0.132. The van der Waals surface area contributed by atoms with E-state index < -0.39 is 5.97 Å². The van der Waals surface area contributed by atoms with Crippen LogP contribution in [0.3, 0.4) is 0 Å². The van der Waals surface area contributed by atoms with Crippen LogP contribution in [0.25, 0.3) is 33.6 Å². The molecule has 4 aromatic rings. The summed E-state index contributed by atoms with van der Waals surface area (Å²) in [5, 5.41) is 10.2. The van der Waals surface area contributed by atoms with Crippen molar-refractivity contribution in [3.8, 4) is 22.6 Å². The summed E-state index contributed by atoms with van der Waals surface area (Å²) in [6.07, 6.45) is 1.86. The zero-order valence-corrected chi connectivity index (χ0v) is 14.0. The number of benzene rings is 2. The number of rotatable bonds is 3. The highest BCUT2D eigenvalue weighted by Crippen LogP contribution is 2.36. The van der Waals surface area contributed by atoms with Crippen LogP contribution in [-0.4, -0.2) is 16.1 Å². The van der Waals surface area contributed by atoms with Gasteiger partial charge in [-0.2, -0.15) is 0 Å². The topological polar surface area (TPSA) is 66.2 Å². The maximum atomic E-state index is 11.0. The summed E-state index contributed by atoms with van der Waals surface area (Å²) >= 11 is 0. The van der Waals surface area contributed by atoms with Crippen molar-refractivity contribution in [3.05, 3.63) is 71.4 Å². The number of aromatic carboxylic acids is 1. The molecule has 0 saturated carbocycles. The lowest BCUT2D eigenvalue weighted by Gasteiger charge is -2.03. The van der Waals surface area contributed by atoms with Crippen LogP contribution in [0.15, 0.2) is 59.1 Å². The first-order valence-corrected chi connectivity index (χ1v) is 8.06. The van der Waals surface area contributed by atoms with E-state index in [1.54, 1.807) is 24.3 Å². The number of fused-ring (bicyclic) bond motifs is 1. The molecule has 0 aliphatic heterocycles. The average Bonchev–Trinajstić information content (AvgIpc) is 3.25. The Labute approximate surface area is 144 Å². The van der Waals surface area contributed by atoms with Crippen molar-refractivity contribution in [2.45, 2.75) is 13.8 Å². The first kappa shape index (κ1) is 15.3. The lowest BCUT2D eigenvalue weighted by molar-refractivity contribution is 0.0697. The molecule has 0 radical (unpaired) electrons. The standard InChI is InChI=1S/C21H17NO3/c1-12-3-4-13(2)20-17(12)11-18(25-20)16-9-10-22-19(16)14-5-7-15(8-6-14)21(23)24/h3-11,22H,1-2H3,(H,23,24). The molecule has 2 N–H and O–H groups in total. The molecule has 0 atom stereocenters. The van der Waals surface area contributed by atoms with Gasteiger partial charge in [0.15, 0.2) is 0 Å². The fourth-order valence-electron chi connectivity index (χ4n) is 3.12.